The molecule has 0 spiro atoms. The summed E-state index contributed by atoms with van der Waals surface area (Å²) in [5.74, 6) is 0. The summed E-state index contributed by atoms with van der Waals surface area (Å²) in [6, 6.07) is 14.7. The molecule has 2 aliphatic carbocycles. The summed E-state index contributed by atoms with van der Waals surface area (Å²) in [5.41, 5.74) is 14.8. The van der Waals surface area contributed by atoms with Crippen molar-refractivity contribution in [3.63, 3.8) is 0 Å². The van der Waals surface area contributed by atoms with Gasteiger partial charge in [0.1, 0.15) is 22.1 Å². The Hall–Kier alpha value is -3.54. The van der Waals surface area contributed by atoms with Gasteiger partial charge < -0.3 is 0 Å². The van der Waals surface area contributed by atoms with Crippen LogP contribution in [0.2, 0.25) is 0 Å². The van der Waals surface area contributed by atoms with E-state index in [-0.39, 0.29) is 10.8 Å². The molecule has 6 heteroatoms. The summed E-state index contributed by atoms with van der Waals surface area (Å²) in [5, 5.41) is 18.4. The van der Waals surface area contributed by atoms with Gasteiger partial charge in [0.2, 0.25) is 0 Å². The van der Waals surface area contributed by atoms with Gasteiger partial charge in [-0.1, -0.05) is 245 Å². The Morgan fingerprint density at radius 3 is 0.879 bits per heavy atom. The first-order chi connectivity index (χ1) is 32.6. The summed E-state index contributed by atoms with van der Waals surface area (Å²) >= 11 is 0. The highest BCUT2D eigenvalue weighted by Crippen LogP contribution is 2.62. The third kappa shape index (κ3) is 11.8. The third-order valence-corrected chi connectivity index (χ3v) is 16.4. The Balaban J connectivity index is 1.29. The molecule has 5 aromatic rings. The first-order valence-electron chi connectivity index (χ1n) is 28.3. The highest BCUT2D eigenvalue weighted by Gasteiger charge is 2.49. The van der Waals surface area contributed by atoms with Crippen LogP contribution in [0.3, 0.4) is 0 Å². The molecule has 0 saturated heterocycles. The standard InChI is InChI=1S/C60H90N4O2/c1-5-9-13-17-21-25-29-33-41-59(42-34-30-26-22-18-14-10-6-2)49-37-39-53-57(63-65-61-53)55(49)47-46-52-48(45-51(47)59)56-50(38-40-54-58(56)64-66-62-54)60(52,43-35-31-27-23-19-15-11-7-3)44-36-32-28-24-20-16-12-8-4/h37-40,45-46H,5-36,41-44H2,1-4H3. The average molecular weight is 899 g/mol. The van der Waals surface area contributed by atoms with Crippen molar-refractivity contribution >= 4 is 22.1 Å². The molecule has 0 radical (unpaired) electrons. The van der Waals surface area contributed by atoms with E-state index < -0.39 is 0 Å². The second-order valence-corrected chi connectivity index (χ2v) is 21.2. The molecule has 7 rings (SSSR count). The SMILES string of the molecule is CCCCCCCCCCC1(CCCCCCCCCC)c2cc3c(cc2-c2c1ccc1nonc21)C(CCCCCCCCCC)(CCCCCCCCCC)c1ccc2nonc2c1-3. The van der Waals surface area contributed by atoms with E-state index in [1.165, 1.54) is 250 Å². The topological polar surface area (TPSA) is 77.8 Å². The van der Waals surface area contributed by atoms with Crippen LogP contribution < -0.4 is 0 Å². The fourth-order valence-electron chi connectivity index (χ4n) is 12.7. The highest BCUT2D eigenvalue weighted by atomic mass is 16.6. The van der Waals surface area contributed by atoms with Crippen LogP contribution in [0.15, 0.2) is 45.7 Å². The van der Waals surface area contributed by atoms with Gasteiger partial charge in [0.15, 0.2) is 0 Å². The summed E-state index contributed by atoms with van der Waals surface area (Å²) in [4.78, 5) is 0. The van der Waals surface area contributed by atoms with Crippen molar-refractivity contribution in [3.05, 3.63) is 58.7 Å². The number of aromatic nitrogens is 4. The zero-order valence-corrected chi connectivity index (χ0v) is 42.5. The van der Waals surface area contributed by atoms with Crippen LogP contribution in [0.1, 0.15) is 281 Å². The summed E-state index contributed by atoms with van der Waals surface area (Å²) in [6.07, 6.45) is 47.2. The van der Waals surface area contributed by atoms with Crippen LogP contribution in [0, 0.1) is 0 Å². The molecule has 0 amide bonds. The Labute approximate surface area is 400 Å². The summed E-state index contributed by atoms with van der Waals surface area (Å²) in [7, 11) is 0. The Morgan fingerprint density at radius 1 is 0.318 bits per heavy atom. The predicted octanol–water partition coefficient (Wildman–Crippen LogP) is 19.4. The maximum atomic E-state index is 5.59. The van der Waals surface area contributed by atoms with E-state index in [0.29, 0.717) is 0 Å². The molecule has 0 N–H and O–H groups in total. The van der Waals surface area contributed by atoms with Gasteiger partial charge in [-0.25, -0.2) is 9.26 Å². The van der Waals surface area contributed by atoms with E-state index in [1.54, 1.807) is 0 Å². The number of hydrogen-bond donors (Lipinski definition) is 0. The molecule has 6 nitrogen and oxygen atoms in total. The van der Waals surface area contributed by atoms with E-state index in [0.717, 1.165) is 47.8 Å². The smallest absolute Gasteiger partial charge is 0.143 e. The zero-order chi connectivity index (χ0) is 45.9. The molecule has 2 aromatic heterocycles. The minimum absolute atomic E-state index is 0.0891. The molecule has 0 saturated carbocycles. The Bertz CT molecular complexity index is 1990. The second kappa shape index (κ2) is 26.3. The lowest BCUT2D eigenvalue weighted by atomic mass is 9.68. The van der Waals surface area contributed by atoms with Gasteiger partial charge in [0, 0.05) is 22.0 Å². The maximum absolute atomic E-state index is 5.59. The van der Waals surface area contributed by atoms with E-state index in [1.807, 2.05) is 0 Å². The van der Waals surface area contributed by atoms with E-state index in [4.69, 9.17) is 19.6 Å². The van der Waals surface area contributed by atoms with Crippen molar-refractivity contribution in [2.75, 3.05) is 0 Å². The normalized spacial score (nSPS) is 14.4. The lowest BCUT2D eigenvalue weighted by Crippen LogP contribution is -2.27. The molecular formula is C60H90N4O2. The number of fused-ring (bicyclic) bond motifs is 10. The van der Waals surface area contributed by atoms with Crippen LogP contribution in [0.4, 0.5) is 0 Å². The van der Waals surface area contributed by atoms with Crippen LogP contribution in [-0.2, 0) is 10.8 Å². The van der Waals surface area contributed by atoms with E-state index in [2.05, 4.69) is 74.4 Å². The van der Waals surface area contributed by atoms with Gasteiger partial charge in [-0.05, 0) is 104 Å². The predicted molar refractivity (Wildman–Crippen MR) is 279 cm³/mol. The number of unbranched alkanes of at least 4 members (excludes halogenated alkanes) is 28. The van der Waals surface area contributed by atoms with Crippen molar-refractivity contribution in [1.29, 1.82) is 0 Å². The van der Waals surface area contributed by atoms with Crippen LogP contribution in [0.5, 0.6) is 0 Å². The largest absolute Gasteiger partial charge is 0.243 e. The fraction of sp³-hybridized carbons (Fsp3) is 0.700. The van der Waals surface area contributed by atoms with Crippen molar-refractivity contribution < 1.29 is 9.26 Å². The fourth-order valence-corrected chi connectivity index (χ4v) is 12.7. The van der Waals surface area contributed by atoms with Gasteiger partial charge in [0.25, 0.3) is 0 Å². The monoisotopic (exact) mass is 899 g/mol. The van der Waals surface area contributed by atoms with Crippen LogP contribution in [-0.4, -0.2) is 20.6 Å². The van der Waals surface area contributed by atoms with Crippen molar-refractivity contribution in [2.24, 2.45) is 0 Å². The van der Waals surface area contributed by atoms with E-state index >= 15 is 0 Å². The molecule has 2 aliphatic rings. The number of benzene rings is 3. The van der Waals surface area contributed by atoms with Crippen molar-refractivity contribution in [3.8, 4) is 22.3 Å². The molecule has 0 atom stereocenters. The summed E-state index contributed by atoms with van der Waals surface area (Å²) in [6.45, 7) is 9.28. The lowest BCUT2D eigenvalue weighted by Gasteiger charge is -2.35. The maximum Gasteiger partial charge on any atom is 0.143 e. The van der Waals surface area contributed by atoms with Crippen LogP contribution >= 0.6 is 0 Å². The number of rotatable bonds is 36. The first-order valence-corrected chi connectivity index (χ1v) is 28.3. The molecular weight excluding hydrogens is 809 g/mol. The van der Waals surface area contributed by atoms with Gasteiger partial charge in [0.05, 0.1) is 0 Å². The minimum atomic E-state index is -0.0891. The summed E-state index contributed by atoms with van der Waals surface area (Å²) < 4.78 is 11.2. The minimum Gasteiger partial charge on any atom is -0.243 e. The number of hydrogen-bond acceptors (Lipinski definition) is 6. The first kappa shape index (κ1) is 50.3. The second-order valence-electron chi connectivity index (χ2n) is 21.2. The molecule has 0 fully saturated rings. The van der Waals surface area contributed by atoms with Gasteiger partial charge in [-0.2, -0.15) is 0 Å². The van der Waals surface area contributed by atoms with Crippen molar-refractivity contribution in [1.82, 2.24) is 20.6 Å². The average Bonchev–Trinajstić information content (AvgIpc) is 4.13. The lowest BCUT2D eigenvalue weighted by molar-refractivity contribution is 0.315. The van der Waals surface area contributed by atoms with Gasteiger partial charge >= 0.3 is 0 Å². The Kier molecular flexibility index (Phi) is 20.0. The highest BCUT2D eigenvalue weighted by molar-refractivity contribution is 6.03. The Morgan fingerprint density at radius 2 is 0.591 bits per heavy atom. The molecule has 0 aliphatic heterocycles. The molecule has 3 aromatic carbocycles. The number of nitrogens with zero attached hydrogens (tertiary/aromatic N) is 4. The molecule has 362 valence electrons. The molecule has 0 unspecified atom stereocenters. The molecule has 0 bridgehead atoms. The molecule has 66 heavy (non-hydrogen) atoms. The zero-order valence-electron chi connectivity index (χ0n) is 42.5. The third-order valence-electron chi connectivity index (χ3n) is 16.4. The van der Waals surface area contributed by atoms with Crippen LogP contribution in [0.25, 0.3) is 44.3 Å². The van der Waals surface area contributed by atoms with Gasteiger partial charge in [-0.3, -0.25) is 0 Å². The quantitative estimate of drug-likeness (QED) is 0.0373. The van der Waals surface area contributed by atoms with Crippen molar-refractivity contribution in [2.45, 2.75) is 270 Å². The van der Waals surface area contributed by atoms with E-state index in [9.17, 15) is 0 Å². The molecule has 2 heterocycles. The van der Waals surface area contributed by atoms with Gasteiger partial charge in [-0.15, -0.1) is 0 Å².